The predicted octanol–water partition coefficient (Wildman–Crippen LogP) is 2.17. The highest BCUT2D eigenvalue weighted by Crippen LogP contribution is 2.41. The topological polar surface area (TPSA) is 50.7 Å². The maximum Gasteiger partial charge on any atom is 0.411 e. The molecule has 1 aliphatic rings. The maximum atomic E-state index is 12.2. The van der Waals surface area contributed by atoms with E-state index < -0.39 is 24.5 Å². The minimum Gasteiger partial charge on any atom is -0.371 e. The summed E-state index contributed by atoms with van der Waals surface area (Å²) >= 11 is 0. The van der Waals surface area contributed by atoms with Crippen molar-refractivity contribution in [2.24, 2.45) is 16.7 Å². The Morgan fingerprint density at radius 3 is 2.43 bits per heavy atom. The first-order valence-corrected chi connectivity index (χ1v) is 7.06. The number of hydrogen-bond donors (Lipinski definition) is 2. The highest BCUT2D eigenvalue weighted by molar-refractivity contribution is 4.94. The van der Waals surface area contributed by atoms with Gasteiger partial charge in [-0.25, -0.2) is 0 Å². The van der Waals surface area contributed by atoms with Crippen LogP contribution in [0.3, 0.4) is 0 Å². The molecule has 0 aliphatic carbocycles. The Hall–Kier alpha value is -0.370. The maximum absolute atomic E-state index is 12.2. The molecule has 1 heterocycles. The van der Waals surface area contributed by atoms with Crippen LogP contribution in [0.2, 0.25) is 0 Å². The van der Waals surface area contributed by atoms with Gasteiger partial charge in [0.05, 0.1) is 12.0 Å². The predicted molar refractivity (Wildman–Crippen MR) is 72.8 cm³/mol. The third kappa shape index (κ3) is 5.39. The number of piperidine rings is 1. The highest BCUT2D eigenvalue weighted by Gasteiger charge is 2.46. The molecule has 0 aromatic heterocycles. The fourth-order valence-electron chi connectivity index (χ4n) is 2.73. The molecule has 1 rings (SSSR count). The Labute approximate surface area is 124 Å². The van der Waals surface area contributed by atoms with Gasteiger partial charge in [-0.05, 0) is 24.3 Å². The first kappa shape index (κ1) is 18.7. The smallest absolute Gasteiger partial charge is 0.371 e. The first-order valence-electron chi connectivity index (χ1n) is 7.06. The van der Waals surface area contributed by atoms with Gasteiger partial charge in [-0.2, -0.15) is 13.2 Å². The van der Waals surface area contributed by atoms with Crippen molar-refractivity contribution in [3.8, 4) is 0 Å². The number of halogens is 3. The SMILES string of the molecule is COC(O)[C@@]1(COCC(F)(F)F)CNC[C@H](C(C)(C)C)C1. The lowest BCUT2D eigenvalue weighted by atomic mass is 9.67. The molecule has 21 heavy (non-hydrogen) atoms. The van der Waals surface area contributed by atoms with Crippen LogP contribution in [0.5, 0.6) is 0 Å². The average Bonchev–Trinajstić information content (AvgIpc) is 2.35. The van der Waals surface area contributed by atoms with Gasteiger partial charge in [-0.1, -0.05) is 20.8 Å². The number of ether oxygens (including phenoxy) is 2. The number of aliphatic hydroxyl groups is 1. The van der Waals surface area contributed by atoms with Gasteiger partial charge in [0, 0.05) is 13.7 Å². The van der Waals surface area contributed by atoms with Crippen LogP contribution in [-0.2, 0) is 9.47 Å². The Balaban J connectivity index is 2.79. The first-order chi connectivity index (χ1) is 9.50. The van der Waals surface area contributed by atoms with E-state index in [4.69, 9.17) is 9.47 Å². The zero-order valence-corrected chi connectivity index (χ0v) is 13.1. The monoisotopic (exact) mass is 313 g/mol. The van der Waals surface area contributed by atoms with Gasteiger partial charge >= 0.3 is 6.18 Å². The number of rotatable bonds is 5. The standard InChI is InChI=1S/C14H26F3NO3/c1-12(2,3)10-5-13(7-18-6-10,11(19)20-4)8-21-9-14(15,16)17/h10-11,18-19H,5-9H2,1-4H3/t10-,11?,13-/m1/s1. The van der Waals surface area contributed by atoms with Crippen molar-refractivity contribution in [1.82, 2.24) is 5.32 Å². The molecule has 126 valence electrons. The van der Waals surface area contributed by atoms with Crippen molar-refractivity contribution in [3.63, 3.8) is 0 Å². The van der Waals surface area contributed by atoms with Crippen molar-refractivity contribution in [2.75, 3.05) is 33.4 Å². The zero-order valence-electron chi connectivity index (χ0n) is 13.1. The summed E-state index contributed by atoms with van der Waals surface area (Å²) < 4.78 is 46.6. The second-order valence-electron chi connectivity index (χ2n) is 6.96. The molecular weight excluding hydrogens is 287 g/mol. The quantitative estimate of drug-likeness (QED) is 0.764. The summed E-state index contributed by atoms with van der Waals surface area (Å²) in [7, 11) is 1.34. The fourth-order valence-corrected chi connectivity index (χ4v) is 2.73. The van der Waals surface area contributed by atoms with E-state index in [1.165, 1.54) is 7.11 Å². The summed E-state index contributed by atoms with van der Waals surface area (Å²) in [6.45, 7) is 5.85. The molecule has 0 amide bonds. The summed E-state index contributed by atoms with van der Waals surface area (Å²) in [6, 6.07) is 0. The Bertz CT molecular complexity index is 330. The largest absolute Gasteiger partial charge is 0.411 e. The van der Waals surface area contributed by atoms with E-state index >= 15 is 0 Å². The minimum atomic E-state index is -4.37. The van der Waals surface area contributed by atoms with Crippen LogP contribution in [0.15, 0.2) is 0 Å². The summed E-state index contributed by atoms with van der Waals surface area (Å²) in [5.74, 6) is 0.213. The van der Waals surface area contributed by atoms with Gasteiger partial charge in [0.2, 0.25) is 0 Å². The van der Waals surface area contributed by atoms with Crippen LogP contribution in [0.25, 0.3) is 0 Å². The minimum absolute atomic E-state index is 0.0177. The Morgan fingerprint density at radius 2 is 1.95 bits per heavy atom. The third-order valence-electron chi connectivity index (χ3n) is 4.15. The molecule has 1 fully saturated rings. The lowest BCUT2D eigenvalue weighted by Crippen LogP contribution is -2.56. The van der Waals surface area contributed by atoms with E-state index in [-0.39, 0.29) is 17.9 Å². The Kier molecular flexibility index (Phi) is 6.06. The van der Waals surface area contributed by atoms with E-state index in [0.29, 0.717) is 13.0 Å². The van der Waals surface area contributed by atoms with Gasteiger partial charge in [-0.15, -0.1) is 0 Å². The highest BCUT2D eigenvalue weighted by atomic mass is 19.4. The Morgan fingerprint density at radius 1 is 1.33 bits per heavy atom. The molecule has 1 saturated heterocycles. The van der Waals surface area contributed by atoms with Crippen molar-refractivity contribution < 1.29 is 27.8 Å². The molecule has 4 nitrogen and oxygen atoms in total. The number of nitrogens with one attached hydrogen (secondary N) is 1. The number of alkyl halides is 3. The average molecular weight is 313 g/mol. The van der Waals surface area contributed by atoms with Crippen LogP contribution in [0.4, 0.5) is 13.2 Å². The normalized spacial score (nSPS) is 29.4. The molecule has 1 aliphatic heterocycles. The summed E-state index contributed by atoms with van der Waals surface area (Å²) in [4.78, 5) is 0. The van der Waals surface area contributed by atoms with Crippen molar-refractivity contribution in [1.29, 1.82) is 0 Å². The van der Waals surface area contributed by atoms with Crippen LogP contribution in [-0.4, -0.2) is 51.0 Å². The third-order valence-corrected chi connectivity index (χ3v) is 4.15. The van der Waals surface area contributed by atoms with Gasteiger partial charge in [0.1, 0.15) is 6.61 Å². The molecule has 0 bridgehead atoms. The molecule has 3 atom stereocenters. The van der Waals surface area contributed by atoms with Crippen molar-refractivity contribution in [3.05, 3.63) is 0 Å². The summed E-state index contributed by atoms with van der Waals surface area (Å²) in [6.07, 6.45) is -4.98. The van der Waals surface area contributed by atoms with E-state index in [1.54, 1.807) is 0 Å². The molecule has 7 heteroatoms. The van der Waals surface area contributed by atoms with E-state index in [0.717, 1.165) is 6.54 Å². The van der Waals surface area contributed by atoms with Crippen LogP contribution in [0, 0.1) is 16.7 Å². The van der Waals surface area contributed by atoms with E-state index in [9.17, 15) is 18.3 Å². The summed E-state index contributed by atoms with van der Waals surface area (Å²) in [5, 5.41) is 13.3. The number of aliphatic hydroxyl groups excluding tert-OH is 1. The molecule has 0 saturated carbocycles. The lowest BCUT2D eigenvalue weighted by Gasteiger charge is -2.47. The fraction of sp³-hybridized carbons (Fsp3) is 1.00. The molecule has 0 aromatic carbocycles. The zero-order chi connectivity index (χ0) is 16.3. The molecule has 1 unspecified atom stereocenters. The van der Waals surface area contributed by atoms with Gasteiger partial charge in [0.25, 0.3) is 0 Å². The molecular formula is C14H26F3NO3. The van der Waals surface area contributed by atoms with Gasteiger partial charge in [-0.3, -0.25) is 0 Å². The molecule has 0 aromatic rings. The number of hydrogen-bond acceptors (Lipinski definition) is 4. The van der Waals surface area contributed by atoms with Crippen molar-refractivity contribution >= 4 is 0 Å². The second-order valence-corrected chi connectivity index (χ2v) is 6.96. The molecule has 0 radical (unpaired) electrons. The van der Waals surface area contributed by atoms with Gasteiger partial charge in [0.15, 0.2) is 6.29 Å². The molecule has 2 N–H and O–H groups in total. The van der Waals surface area contributed by atoms with Crippen molar-refractivity contribution in [2.45, 2.75) is 39.7 Å². The van der Waals surface area contributed by atoms with E-state index in [2.05, 4.69) is 26.1 Å². The lowest BCUT2D eigenvalue weighted by molar-refractivity contribution is -0.219. The van der Waals surface area contributed by atoms with Crippen LogP contribution >= 0.6 is 0 Å². The summed E-state index contributed by atoms with van der Waals surface area (Å²) in [5.41, 5.74) is -0.883. The van der Waals surface area contributed by atoms with Crippen LogP contribution in [0.1, 0.15) is 27.2 Å². The molecule has 0 spiro atoms. The van der Waals surface area contributed by atoms with Gasteiger partial charge < -0.3 is 19.9 Å². The van der Waals surface area contributed by atoms with Crippen LogP contribution < -0.4 is 5.32 Å². The second kappa shape index (κ2) is 6.81. The number of methoxy groups -OCH3 is 1. The van der Waals surface area contributed by atoms with E-state index in [1.807, 2.05) is 0 Å².